The molecule has 0 spiro atoms. The molecule has 2 N–H and O–H groups in total. The molecule has 2 aliphatic rings. The van der Waals surface area contributed by atoms with E-state index >= 15 is 0 Å². The molecule has 2 amide bonds. The van der Waals surface area contributed by atoms with Gasteiger partial charge in [0.15, 0.2) is 0 Å². The monoisotopic (exact) mass is 670 g/mol. The van der Waals surface area contributed by atoms with Gasteiger partial charge in [0.05, 0.1) is 33.9 Å². The van der Waals surface area contributed by atoms with Gasteiger partial charge in [-0.05, 0) is 86.3 Å². The second kappa shape index (κ2) is 14.7. The predicted molar refractivity (Wildman–Crippen MR) is 170 cm³/mol. The zero-order valence-corrected chi connectivity index (χ0v) is 25.6. The third-order valence-corrected chi connectivity index (χ3v) is 7.92. The maximum atomic E-state index is 13.0. The molecule has 2 aliphatic heterocycles. The first kappa shape index (κ1) is 34.2. The molecule has 4 aromatic rings. The molecule has 6 rings (SSSR count). The maximum absolute atomic E-state index is 13.0. The lowest BCUT2D eigenvalue weighted by molar-refractivity contribution is -0.138. The molecule has 0 unspecified atom stereocenters. The van der Waals surface area contributed by atoms with Gasteiger partial charge < -0.3 is 20.4 Å². The summed E-state index contributed by atoms with van der Waals surface area (Å²) in [6.07, 6.45) is 0.865. The number of carbonyl (C=O) groups is 2. The Bertz CT molecular complexity index is 1580. The number of amides is 2. The lowest BCUT2D eigenvalue weighted by Crippen LogP contribution is -2.22. The number of halogens is 6. The number of alkyl halides is 6. The summed E-state index contributed by atoms with van der Waals surface area (Å²) < 4.78 is 78.0. The van der Waals surface area contributed by atoms with Gasteiger partial charge in [-0.1, -0.05) is 0 Å². The SMILES string of the molecule is O=C(Nc1cc(C(F)(F)F)ccc1N1CCCC1)c1ccncc1.O=C(Nc1cc(C(F)(F)F)ccc1N1CCCC1)c1ccncc1. The zero-order chi connectivity index (χ0) is 34.3. The number of hydrogen-bond acceptors (Lipinski definition) is 6. The van der Waals surface area contributed by atoms with Crippen molar-refractivity contribution < 1.29 is 35.9 Å². The van der Waals surface area contributed by atoms with Gasteiger partial charge in [0, 0.05) is 62.1 Å². The molecule has 8 nitrogen and oxygen atoms in total. The van der Waals surface area contributed by atoms with Crippen LogP contribution >= 0.6 is 0 Å². The van der Waals surface area contributed by atoms with Crippen LogP contribution in [0.4, 0.5) is 49.1 Å². The van der Waals surface area contributed by atoms with Crippen molar-refractivity contribution in [2.75, 3.05) is 46.6 Å². The largest absolute Gasteiger partial charge is 0.416 e. The first-order chi connectivity index (χ1) is 22.9. The van der Waals surface area contributed by atoms with Crippen LogP contribution in [0.15, 0.2) is 85.5 Å². The van der Waals surface area contributed by atoms with E-state index in [2.05, 4.69) is 20.6 Å². The Morgan fingerprint density at radius 2 is 0.875 bits per heavy atom. The minimum Gasteiger partial charge on any atom is -0.370 e. The second-order valence-electron chi connectivity index (χ2n) is 11.2. The highest BCUT2D eigenvalue weighted by atomic mass is 19.4. The van der Waals surface area contributed by atoms with Crippen molar-refractivity contribution in [3.05, 3.63) is 108 Å². The fourth-order valence-electron chi connectivity index (χ4n) is 5.49. The van der Waals surface area contributed by atoms with Crippen LogP contribution in [0.5, 0.6) is 0 Å². The van der Waals surface area contributed by atoms with E-state index in [0.29, 0.717) is 22.5 Å². The van der Waals surface area contributed by atoms with Crippen molar-refractivity contribution in [2.45, 2.75) is 38.0 Å². The van der Waals surface area contributed by atoms with E-state index in [0.717, 1.165) is 76.1 Å². The van der Waals surface area contributed by atoms with Crippen LogP contribution in [0.2, 0.25) is 0 Å². The van der Waals surface area contributed by atoms with Crippen molar-refractivity contribution in [1.82, 2.24) is 9.97 Å². The normalized spacial score (nSPS) is 14.7. The number of aromatic nitrogens is 2. The van der Waals surface area contributed by atoms with Crippen LogP contribution in [-0.4, -0.2) is 48.0 Å². The topological polar surface area (TPSA) is 90.5 Å². The van der Waals surface area contributed by atoms with E-state index in [1.807, 2.05) is 9.80 Å². The van der Waals surface area contributed by atoms with Crippen molar-refractivity contribution >= 4 is 34.6 Å². The summed E-state index contributed by atoms with van der Waals surface area (Å²) in [5.74, 6) is -0.922. The van der Waals surface area contributed by atoms with Crippen LogP contribution in [0.3, 0.4) is 0 Å². The van der Waals surface area contributed by atoms with Crippen LogP contribution in [-0.2, 0) is 12.4 Å². The number of hydrogen-bond donors (Lipinski definition) is 2. The minimum absolute atomic E-state index is 0.175. The quantitative estimate of drug-likeness (QED) is 0.203. The first-order valence-corrected chi connectivity index (χ1v) is 15.3. The second-order valence-corrected chi connectivity index (χ2v) is 11.2. The van der Waals surface area contributed by atoms with Crippen LogP contribution in [0.1, 0.15) is 57.5 Å². The van der Waals surface area contributed by atoms with E-state index in [-0.39, 0.29) is 11.4 Å². The molecular formula is C34H32F6N6O2. The number of nitrogens with one attached hydrogen (secondary N) is 2. The summed E-state index contributed by atoms with van der Waals surface area (Å²) in [5, 5.41) is 5.22. The fraction of sp³-hybridized carbons (Fsp3) is 0.294. The van der Waals surface area contributed by atoms with Crippen molar-refractivity contribution in [3.8, 4) is 0 Å². The highest BCUT2D eigenvalue weighted by Crippen LogP contribution is 2.38. The smallest absolute Gasteiger partial charge is 0.370 e. The minimum atomic E-state index is -4.46. The third-order valence-electron chi connectivity index (χ3n) is 7.92. The average molecular weight is 671 g/mol. The zero-order valence-electron chi connectivity index (χ0n) is 25.6. The molecule has 0 atom stereocenters. The van der Waals surface area contributed by atoms with E-state index in [4.69, 9.17) is 0 Å². The lowest BCUT2D eigenvalue weighted by atomic mass is 10.1. The molecule has 252 valence electrons. The van der Waals surface area contributed by atoms with Gasteiger partial charge in [-0.2, -0.15) is 26.3 Å². The maximum Gasteiger partial charge on any atom is 0.416 e. The molecule has 0 bridgehead atoms. The molecule has 0 saturated carbocycles. The molecule has 2 fully saturated rings. The number of pyridine rings is 2. The van der Waals surface area contributed by atoms with Crippen molar-refractivity contribution in [3.63, 3.8) is 0 Å². The number of carbonyl (C=O) groups excluding carboxylic acids is 2. The van der Waals surface area contributed by atoms with Gasteiger partial charge in [-0.15, -0.1) is 0 Å². The van der Waals surface area contributed by atoms with E-state index < -0.39 is 35.3 Å². The number of rotatable bonds is 6. The molecule has 48 heavy (non-hydrogen) atoms. The standard InChI is InChI=1S/2C17H16F3N3O/c2*18-17(19,20)13-3-4-15(23-9-1-2-10-23)14(11-13)22-16(24)12-5-7-21-8-6-12/h2*3-8,11H,1-2,9-10H2,(H,22,24). The Hall–Kier alpha value is -5.14. The number of anilines is 4. The van der Waals surface area contributed by atoms with E-state index in [1.54, 1.807) is 0 Å². The van der Waals surface area contributed by atoms with E-state index in [9.17, 15) is 35.9 Å². The van der Waals surface area contributed by atoms with Gasteiger partial charge in [-0.25, -0.2) is 0 Å². The van der Waals surface area contributed by atoms with E-state index in [1.165, 1.54) is 61.2 Å². The fourth-order valence-corrected chi connectivity index (χ4v) is 5.49. The lowest BCUT2D eigenvalue weighted by Gasteiger charge is -2.23. The Balaban J connectivity index is 0.000000188. The molecule has 4 heterocycles. The molecule has 0 radical (unpaired) electrons. The summed E-state index contributed by atoms with van der Waals surface area (Å²) in [6, 6.07) is 13.0. The van der Waals surface area contributed by atoms with Crippen molar-refractivity contribution in [1.29, 1.82) is 0 Å². The summed E-state index contributed by atoms with van der Waals surface area (Å²) in [6.45, 7) is 3.07. The molecule has 14 heteroatoms. The highest BCUT2D eigenvalue weighted by Gasteiger charge is 2.33. The molecule has 2 aromatic carbocycles. The van der Waals surface area contributed by atoms with Gasteiger partial charge in [0.2, 0.25) is 0 Å². The molecule has 2 aromatic heterocycles. The van der Waals surface area contributed by atoms with Gasteiger partial charge in [0.1, 0.15) is 0 Å². The highest BCUT2D eigenvalue weighted by molar-refractivity contribution is 6.06. The third kappa shape index (κ3) is 8.60. The number of nitrogens with zero attached hydrogens (tertiary/aromatic N) is 4. The Morgan fingerprint density at radius 1 is 0.542 bits per heavy atom. The van der Waals surface area contributed by atoms with Gasteiger partial charge >= 0.3 is 12.4 Å². The summed E-state index contributed by atoms with van der Waals surface area (Å²) in [4.78, 5) is 36.2. The first-order valence-electron chi connectivity index (χ1n) is 15.3. The Labute approximate surface area is 272 Å². The Morgan fingerprint density at radius 3 is 1.19 bits per heavy atom. The molecule has 0 aliphatic carbocycles. The summed E-state index contributed by atoms with van der Waals surface area (Å²) in [5.41, 5.74) is 0.698. The summed E-state index contributed by atoms with van der Waals surface area (Å²) in [7, 11) is 0. The van der Waals surface area contributed by atoms with Crippen LogP contribution in [0.25, 0.3) is 0 Å². The van der Waals surface area contributed by atoms with Gasteiger partial charge in [0.25, 0.3) is 11.8 Å². The van der Waals surface area contributed by atoms with Crippen LogP contribution < -0.4 is 20.4 Å². The Kier molecular flexibility index (Phi) is 10.5. The predicted octanol–water partition coefficient (Wildman–Crippen LogP) is 7.91. The van der Waals surface area contributed by atoms with Crippen molar-refractivity contribution in [2.24, 2.45) is 0 Å². The average Bonchev–Trinajstić information content (AvgIpc) is 3.81. The molecular weight excluding hydrogens is 638 g/mol. The summed E-state index contributed by atoms with van der Waals surface area (Å²) >= 11 is 0. The number of benzene rings is 2. The van der Waals surface area contributed by atoms with Crippen LogP contribution in [0, 0.1) is 0 Å². The molecule has 2 saturated heterocycles. The van der Waals surface area contributed by atoms with Gasteiger partial charge in [-0.3, -0.25) is 19.6 Å².